The molecule has 1 unspecified atom stereocenters. The molecule has 1 aliphatic rings. The van der Waals surface area contributed by atoms with Crippen LogP contribution < -0.4 is 15.8 Å². The SMILES string of the molecule is COc1ccc2[nH]c(C(=O)NC3CCCc4cc(CN)ccc43)cc2n1. The molecule has 0 fully saturated rings. The highest BCUT2D eigenvalue weighted by molar-refractivity contribution is 5.97. The van der Waals surface area contributed by atoms with Crippen LogP contribution in [0.5, 0.6) is 5.88 Å². The van der Waals surface area contributed by atoms with E-state index in [9.17, 15) is 4.79 Å². The molecule has 4 rings (SSSR count). The van der Waals surface area contributed by atoms with Gasteiger partial charge in [0, 0.05) is 12.6 Å². The van der Waals surface area contributed by atoms with Crippen molar-refractivity contribution in [1.82, 2.24) is 15.3 Å². The summed E-state index contributed by atoms with van der Waals surface area (Å²) >= 11 is 0. The first-order valence-electron chi connectivity index (χ1n) is 8.84. The summed E-state index contributed by atoms with van der Waals surface area (Å²) in [6.45, 7) is 0.538. The number of amides is 1. The molecule has 4 N–H and O–H groups in total. The number of nitrogens with two attached hydrogens (primary N) is 1. The van der Waals surface area contributed by atoms with E-state index in [0.717, 1.165) is 30.3 Å². The monoisotopic (exact) mass is 350 g/mol. The van der Waals surface area contributed by atoms with Crippen LogP contribution in [0, 0.1) is 0 Å². The zero-order valence-corrected chi connectivity index (χ0v) is 14.7. The van der Waals surface area contributed by atoms with Crippen LogP contribution in [0.15, 0.2) is 36.4 Å². The summed E-state index contributed by atoms with van der Waals surface area (Å²) in [5, 5.41) is 3.16. The van der Waals surface area contributed by atoms with Crippen LogP contribution in [0.4, 0.5) is 0 Å². The van der Waals surface area contributed by atoms with E-state index in [-0.39, 0.29) is 11.9 Å². The minimum Gasteiger partial charge on any atom is -0.481 e. The van der Waals surface area contributed by atoms with Crippen molar-refractivity contribution in [2.45, 2.75) is 31.8 Å². The topological polar surface area (TPSA) is 93.0 Å². The molecule has 0 bridgehead atoms. The second-order valence-electron chi connectivity index (χ2n) is 6.62. The molecule has 0 aliphatic heterocycles. The third kappa shape index (κ3) is 3.04. The maximum Gasteiger partial charge on any atom is 0.268 e. The largest absolute Gasteiger partial charge is 0.481 e. The Bertz CT molecular complexity index is 964. The Morgan fingerprint density at radius 3 is 3.04 bits per heavy atom. The fourth-order valence-electron chi connectivity index (χ4n) is 3.61. The zero-order valence-electron chi connectivity index (χ0n) is 14.7. The molecule has 0 saturated carbocycles. The number of nitrogens with one attached hydrogen (secondary N) is 2. The first-order chi connectivity index (χ1) is 12.7. The second kappa shape index (κ2) is 6.80. The van der Waals surface area contributed by atoms with E-state index >= 15 is 0 Å². The standard InChI is InChI=1S/C20H22N4O2/c1-26-19-8-7-16-17(23-19)10-18(22-16)20(25)24-15-4-2-3-13-9-12(11-21)5-6-14(13)15/h5-10,15,22H,2-4,11,21H2,1H3,(H,24,25). The van der Waals surface area contributed by atoms with Gasteiger partial charge in [0.15, 0.2) is 0 Å². The van der Waals surface area contributed by atoms with Crippen LogP contribution in [0.1, 0.15) is 46.1 Å². The first kappa shape index (κ1) is 16.6. The number of benzene rings is 1. The highest BCUT2D eigenvalue weighted by Crippen LogP contribution is 2.30. The number of fused-ring (bicyclic) bond motifs is 2. The van der Waals surface area contributed by atoms with Gasteiger partial charge in [0.2, 0.25) is 5.88 Å². The normalized spacial score (nSPS) is 16.3. The first-order valence-corrected chi connectivity index (χ1v) is 8.84. The number of ether oxygens (including phenoxy) is 1. The van der Waals surface area contributed by atoms with E-state index < -0.39 is 0 Å². The lowest BCUT2D eigenvalue weighted by Gasteiger charge is -2.26. The number of rotatable bonds is 4. The molecule has 1 aromatic carbocycles. The molecule has 2 aromatic heterocycles. The number of hydrogen-bond acceptors (Lipinski definition) is 4. The molecule has 6 nitrogen and oxygen atoms in total. The molecule has 0 spiro atoms. The zero-order chi connectivity index (χ0) is 18.1. The third-order valence-electron chi connectivity index (χ3n) is 4.97. The van der Waals surface area contributed by atoms with Gasteiger partial charge in [0.25, 0.3) is 5.91 Å². The number of carbonyl (C=O) groups excluding carboxylic acids is 1. The van der Waals surface area contributed by atoms with Crippen molar-refractivity contribution >= 4 is 16.9 Å². The number of pyridine rings is 1. The summed E-state index contributed by atoms with van der Waals surface area (Å²) in [7, 11) is 1.57. The van der Waals surface area contributed by atoms with E-state index in [4.69, 9.17) is 10.5 Å². The predicted molar refractivity (Wildman–Crippen MR) is 100 cm³/mol. The van der Waals surface area contributed by atoms with E-state index in [1.807, 2.05) is 12.1 Å². The van der Waals surface area contributed by atoms with Gasteiger partial charge < -0.3 is 20.8 Å². The fraction of sp³-hybridized carbons (Fsp3) is 0.300. The van der Waals surface area contributed by atoms with Gasteiger partial charge in [-0.05, 0) is 48.1 Å². The van der Waals surface area contributed by atoms with Crippen LogP contribution in [-0.2, 0) is 13.0 Å². The Morgan fingerprint density at radius 1 is 1.35 bits per heavy atom. The van der Waals surface area contributed by atoms with Crippen LogP contribution in [0.25, 0.3) is 11.0 Å². The van der Waals surface area contributed by atoms with Crippen molar-refractivity contribution < 1.29 is 9.53 Å². The number of aromatic amines is 1. The molecule has 1 aliphatic carbocycles. The number of carbonyl (C=O) groups is 1. The van der Waals surface area contributed by atoms with Crippen LogP contribution in [-0.4, -0.2) is 23.0 Å². The summed E-state index contributed by atoms with van der Waals surface area (Å²) in [5.41, 5.74) is 11.4. The van der Waals surface area contributed by atoms with Gasteiger partial charge >= 0.3 is 0 Å². The van der Waals surface area contributed by atoms with E-state index in [2.05, 4.69) is 27.4 Å². The lowest BCUT2D eigenvalue weighted by molar-refractivity contribution is 0.0928. The average molecular weight is 350 g/mol. The van der Waals surface area contributed by atoms with Crippen LogP contribution in [0.3, 0.4) is 0 Å². The molecule has 1 atom stereocenters. The minimum atomic E-state index is -0.122. The summed E-state index contributed by atoms with van der Waals surface area (Å²) < 4.78 is 5.14. The quantitative estimate of drug-likeness (QED) is 0.674. The summed E-state index contributed by atoms with van der Waals surface area (Å²) in [6, 6.07) is 11.7. The van der Waals surface area contributed by atoms with Crippen LogP contribution in [0.2, 0.25) is 0 Å². The number of H-pyrrole nitrogens is 1. The van der Waals surface area contributed by atoms with Gasteiger partial charge in [-0.2, -0.15) is 0 Å². The maximum atomic E-state index is 12.7. The Morgan fingerprint density at radius 2 is 2.23 bits per heavy atom. The van der Waals surface area contributed by atoms with Crippen molar-refractivity contribution in [1.29, 1.82) is 0 Å². The Kier molecular flexibility index (Phi) is 4.34. The van der Waals surface area contributed by atoms with Gasteiger partial charge in [0.05, 0.1) is 24.2 Å². The van der Waals surface area contributed by atoms with Crippen molar-refractivity contribution in [3.05, 3.63) is 58.8 Å². The lowest BCUT2D eigenvalue weighted by Crippen LogP contribution is -2.31. The van der Waals surface area contributed by atoms with Crippen LogP contribution >= 0.6 is 0 Å². The number of aryl methyl sites for hydroxylation is 1. The number of hydrogen-bond donors (Lipinski definition) is 3. The van der Waals surface area contributed by atoms with Gasteiger partial charge in [-0.15, -0.1) is 0 Å². The Balaban J connectivity index is 1.57. The second-order valence-corrected chi connectivity index (χ2v) is 6.62. The van der Waals surface area contributed by atoms with E-state index in [0.29, 0.717) is 23.6 Å². The minimum absolute atomic E-state index is 0.0204. The summed E-state index contributed by atoms with van der Waals surface area (Å²) in [5.74, 6) is 0.406. The molecule has 134 valence electrons. The summed E-state index contributed by atoms with van der Waals surface area (Å²) in [4.78, 5) is 20.2. The maximum absolute atomic E-state index is 12.7. The lowest BCUT2D eigenvalue weighted by atomic mass is 9.86. The molecule has 6 heteroatoms. The molecule has 0 radical (unpaired) electrons. The van der Waals surface area contributed by atoms with E-state index in [1.165, 1.54) is 11.1 Å². The molecule has 2 heterocycles. The van der Waals surface area contributed by atoms with Gasteiger partial charge in [0.1, 0.15) is 5.69 Å². The number of nitrogens with zero attached hydrogens (tertiary/aromatic N) is 1. The van der Waals surface area contributed by atoms with Gasteiger partial charge in [-0.3, -0.25) is 4.79 Å². The fourth-order valence-corrected chi connectivity index (χ4v) is 3.61. The third-order valence-corrected chi connectivity index (χ3v) is 4.97. The van der Waals surface area contributed by atoms with Gasteiger partial charge in [-0.1, -0.05) is 18.2 Å². The van der Waals surface area contributed by atoms with Crippen molar-refractivity contribution in [2.24, 2.45) is 5.73 Å². The molecular formula is C20H22N4O2. The van der Waals surface area contributed by atoms with Crippen molar-refractivity contribution in [3.8, 4) is 5.88 Å². The summed E-state index contributed by atoms with van der Waals surface area (Å²) in [6.07, 6.45) is 3.02. The smallest absolute Gasteiger partial charge is 0.268 e. The van der Waals surface area contributed by atoms with Crippen molar-refractivity contribution in [2.75, 3.05) is 7.11 Å². The number of methoxy groups -OCH3 is 1. The molecule has 3 aromatic rings. The Hall–Kier alpha value is -2.86. The average Bonchev–Trinajstić information content (AvgIpc) is 3.11. The highest BCUT2D eigenvalue weighted by atomic mass is 16.5. The van der Waals surface area contributed by atoms with E-state index in [1.54, 1.807) is 19.2 Å². The highest BCUT2D eigenvalue weighted by Gasteiger charge is 2.23. The number of aromatic nitrogens is 2. The predicted octanol–water partition coefficient (Wildman–Crippen LogP) is 2.84. The van der Waals surface area contributed by atoms with Gasteiger partial charge in [-0.25, -0.2) is 4.98 Å². The van der Waals surface area contributed by atoms with Crippen molar-refractivity contribution in [3.63, 3.8) is 0 Å². The molecular weight excluding hydrogens is 328 g/mol. The Labute approximate surface area is 151 Å². The molecule has 1 amide bonds. The molecule has 0 saturated heterocycles. The molecule has 26 heavy (non-hydrogen) atoms.